The molecule has 1 heterocycles. The summed E-state index contributed by atoms with van der Waals surface area (Å²) in [6.07, 6.45) is 0. The van der Waals surface area contributed by atoms with Crippen molar-refractivity contribution in [3.8, 4) is 5.69 Å². The lowest BCUT2D eigenvalue weighted by molar-refractivity contribution is -0.117. The molecule has 0 spiro atoms. The van der Waals surface area contributed by atoms with Gasteiger partial charge in [-0.3, -0.25) is 9.69 Å². The fourth-order valence-corrected chi connectivity index (χ4v) is 2.89. The van der Waals surface area contributed by atoms with Crippen LogP contribution in [0.4, 0.5) is 5.82 Å². The number of carbonyl (C=O) groups is 1. The summed E-state index contributed by atoms with van der Waals surface area (Å²) in [5.41, 5.74) is 2.96. The summed E-state index contributed by atoms with van der Waals surface area (Å²) in [5, 5.41) is 7.47. The molecule has 5 nitrogen and oxygen atoms in total. The third-order valence-corrected chi connectivity index (χ3v) is 4.44. The molecule has 0 fully saturated rings. The molecule has 26 heavy (non-hydrogen) atoms. The van der Waals surface area contributed by atoms with E-state index in [1.807, 2.05) is 73.5 Å². The lowest BCUT2D eigenvalue weighted by Gasteiger charge is -2.24. The number of carbonyl (C=O) groups excluding carboxylic acids is 1. The Kier molecular flexibility index (Phi) is 5.49. The molecule has 0 aliphatic carbocycles. The minimum Gasteiger partial charge on any atom is -0.309 e. The third kappa shape index (κ3) is 4.18. The van der Waals surface area contributed by atoms with Gasteiger partial charge in [0.2, 0.25) is 5.91 Å². The van der Waals surface area contributed by atoms with Crippen LogP contribution in [0.15, 0.2) is 66.7 Å². The molecule has 0 saturated carbocycles. The first kappa shape index (κ1) is 17.9. The summed E-state index contributed by atoms with van der Waals surface area (Å²) >= 11 is 0. The van der Waals surface area contributed by atoms with Crippen molar-refractivity contribution in [1.29, 1.82) is 0 Å². The van der Waals surface area contributed by atoms with Crippen molar-refractivity contribution >= 4 is 11.7 Å². The van der Waals surface area contributed by atoms with Gasteiger partial charge in [0.05, 0.1) is 17.9 Å². The number of amides is 1. The van der Waals surface area contributed by atoms with E-state index in [2.05, 4.69) is 29.5 Å². The van der Waals surface area contributed by atoms with E-state index in [1.165, 1.54) is 5.56 Å². The van der Waals surface area contributed by atoms with Crippen LogP contribution in [0.5, 0.6) is 0 Å². The number of hydrogen-bond donors (Lipinski definition) is 1. The molecule has 0 bridgehead atoms. The van der Waals surface area contributed by atoms with Crippen LogP contribution in [-0.4, -0.2) is 34.2 Å². The summed E-state index contributed by atoms with van der Waals surface area (Å²) in [6, 6.07) is 22.0. The van der Waals surface area contributed by atoms with Gasteiger partial charge in [0, 0.05) is 12.1 Å². The SMILES string of the molecule is Cc1cc(NC(=O)CN(C)[C@H](C)c2ccccc2)n(-c2ccccc2)n1. The highest BCUT2D eigenvalue weighted by Crippen LogP contribution is 2.19. The van der Waals surface area contributed by atoms with Crippen molar-refractivity contribution in [3.63, 3.8) is 0 Å². The zero-order valence-electron chi connectivity index (χ0n) is 15.4. The predicted octanol–water partition coefficient (Wildman–Crippen LogP) is 3.81. The summed E-state index contributed by atoms with van der Waals surface area (Å²) in [7, 11) is 1.96. The molecule has 3 aromatic rings. The second kappa shape index (κ2) is 7.97. The van der Waals surface area contributed by atoms with E-state index in [0.29, 0.717) is 12.4 Å². The second-order valence-electron chi connectivity index (χ2n) is 6.47. The van der Waals surface area contributed by atoms with Gasteiger partial charge in [0.25, 0.3) is 0 Å². The number of aryl methyl sites for hydroxylation is 1. The Morgan fingerprint density at radius 3 is 2.38 bits per heavy atom. The third-order valence-electron chi connectivity index (χ3n) is 4.44. The lowest BCUT2D eigenvalue weighted by atomic mass is 10.1. The molecule has 0 aliphatic rings. The molecule has 1 atom stereocenters. The number of nitrogens with one attached hydrogen (secondary N) is 1. The van der Waals surface area contributed by atoms with Crippen molar-refractivity contribution in [1.82, 2.24) is 14.7 Å². The Balaban J connectivity index is 1.69. The van der Waals surface area contributed by atoms with Gasteiger partial charge in [0.15, 0.2) is 0 Å². The molecule has 0 unspecified atom stereocenters. The normalized spacial score (nSPS) is 12.2. The number of para-hydroxylation sites is 1. The van der Waals surface area contributed by atoms with Crippen LogP contribution in [0.1, 0.15) is 24.2 Å². The minimum absolute atomic E-state index is 0.0626. The smallest absolute Gasteiger partial charge is 0.239 e. The molecule has 1 amide bonds. The highest BCUT2D eigenvalue weighted by Gasteiger charge is 2.16. The molecule has 5 heteroatoms. The van der Waals surface area contributed by atoms with Crippen molar-refractivity contribution in [2.75, 3.05) is 18.9 Å². The molecule has 1 aromatic heterocycles. The number of anilines is 1. The maximum absolute atomic E-state index is 12.6. The van der Waals surface area contributed by atoms with E-state index in [9.17, 15) is 4.79 Å². The van der Waals surface area contributed by atoms with Crippen molar-refractivity contribution in [3.05, 3.63) is 78.0 Å². The largest absolute Gasteiger partial charge is 0.309 e. The lowest BCUT2D eigenvalue weighted by Crippen LogP contribution is -2.32. The van der Waals surface area contributed by atoms with E-state index in [-0.39, 0.29) is 11.9 Å². The van der Waals surface area contributed by atoms with Gasteiger partial charge in [0.1, 0.15) is 5.82 Å². The van der Waals surface area contributed by atoms with Gasteiger partial charge in [-0.1, -0.05) is 48.5 Å². The number of benzene rings is 2. The molecule has 0 saturated heterocycles. The Bertz CT molecular complexity index is 858. The first-order valence-corrected chi connectivity index (χ1v) is 8.71. The van der Waals surface area contributed by atoms with E-state index >= 15 is 0 Å². The molecule has 134 valence electrons. The topological polar surface area (TPSA) is 50.2 Å². The maximum atomic E-state index is 12.6. The quantitative estimate of drug-likeness (QED) is 0.737. The fraction of sp³-hybridized carbons (Fsp3) is 0.238. The second-order valence-corrected chi connectivity index (χ2v) is 6.47. The molecule has 0 aliphatic heterocycles. The maximum Gasteiger partial charge on any atom is 0.239 e. The van der Waals surface area contributed by atoms with E-state index in [1.54, 1.807) is 4.68 Å². The van der Waals surface area contributed by atoms with Gasteiger partial charge >= 0.3 is 0 Å². The Morgan fingerprint density at radius 2 is 1.73 bits per heavy atom. The zero-order valence-corrected chi connectivity index (χ0v) is 15.4. The molecular weight excluding hydrogens is 324 g/mol. The van der Waals surface area contributed by atoms with Crippen molar-refractivity contribution in [2.45, 2.75) is 19.9 Å². The van der Waals surface area contributed by atoms with E-state index in [0.717, 1.165) is 11.4 Å². The summed E-state index contributed by atoms with van der Waals surface area (Å²) < 4.78 is 1.76. The molecule has 2 aromatic carbocycles. The average molecular weight is 348 g/mol. The van der Waals surface area contributed by atoms with Crippen LogP contribution < -0.4 is 5.32 Å². The molecular formula is C21H24N4O. The first-order chi connectivity index (χ1) is 12.5. The van der Waals surface area contributed by atoms with E-state index in [4.69, 9.17) is 0 Å². The van der Waals surface area contributed by atoms with Crippen LogP contribution >= 0.6 is 0 Å². The molecule has 3 rings (SSSR count). The van der Waals surface area contributed by atoms with Crippen molar-refractivity contribution < 1.29 is 4.79 Å². The predicted molar refractivity (Wildman–Crippen MR) is 104 cm³/mol. The number of hydrogen-bond acceptors (Lipinski definition) is 3. The van der Waals surface area contributed by atoms with Gasteiger partial charge in [-0.2, -0.15) is 5.10 Å². The highest BCUT2D eigenvalue weighted by molar-refractivity contribution is 5.91. The van der Waals surface area contributed by atoms with Crippen LogP contribution in [0.25, 0.3) is 5.69 Å². The number of rotatable bonds is 6. The average Bonchev–Trinajstić information content (AvgIpc) is 3.02. The number of likely N-dealkylation sites (N-methyl/N-ethyl adjacent to an activating group) is 1. The van der Waals surface area contributed by atoms with Gasteiger partial charge in [-0.05, 0) is 38.6 Å². The molecule has 1 N–H and O–H groups in total. The van der Waals surface area contributed by atoms with Crippen LogP contribution in [0.2, 0.25) is 0 Å². The zero-order chi connectivity index (χ0) is 18.5. The van der Waals surface area contributed by atoms with Crippen LogP contribution in [-0.2, 0) is 4.79 Å². The standard InChI is InChI=1S/C21H24N4O/c1-16-14-20(25(23-16)19-12-8-5-9-13-19)22-21(26)15-24(3)17(2)18-10-6-4-7-11-18/h4-14,17H,15H2,1-3H3,(H,22,26)/t17-/m1/s1. The summed E-state index contributed by atoms with van der Waals surface area (Å²) in [5.74, 6) is 0.617. The first-order valence-electron chi connectivity index (χ1n) is 8.71. The Morgan fingerprint density at radius 1 is 1.12 bits per heavy atom. The fourth-order valence-electron chi connectivity index (χ4n) is 2.89. The van der Waals surface area contributed by atoms with Gasteiger partial charge in [-0.25, -0.2) is 4.68 Å². The summed E-state index contributed by atoms with van der Waals surface area (Å²) in [4.78, 5) is 14.6. The van der Waals surface area contributed by atoms with Gasteiger partial charge < -0.3 is 5.32 Å². The van der Waals surface area contributed by atoms with Crippen LogP contribution in [0.3, 0.4) is 0 Å². The Hall–Kier alpha value is -2.92. The highest BCUT2D eigenvalue weighted by atomic mass is 16.2. The summed E-state index contributed by atoms with van der Waals surface area (Å²) in [6.45, 7) is 4.31. The molecule has 0 radical (unpaired) electrons. The van der Waals surface area contributed by atoms with Crippen LogP contribution in [0, 0.1) is 6.92 Å². The monoisotopic (exact) mass is 348 g/mol. The van der Waals surface area contributed by atoms with Gasteiger partial charge in [-0.15, -0.1) is 0 Å². The van der Waals surface area contributed by atoms with E-state index < -0.39 is 0 Å². The minimum atomic E-state index is -0.0626. The van der Waals surface area contributed by atoms with Crippen molar-refractivity contribution in [2.24, 2.45) is 0 Å². The number of nitrogens with zero attached hydrogens (tertiary/aromatic N) is 3. The Labute approximate surface area is 154 Å². The number of aromatic nitrogens is 2.